The molecule has 3 aromatic rings. The summed E-state index contributed by atoms with van der Waals surface area (Å²) in [6.45, 7) is 0.855. The van der Waals surface area contributed by atoms with Crippen molar-refractivity contribution in [3.63, 3.8) is 0 Å². The van der Waals surface area contributed by atoms with Crippen LogP contribution in [0.2, 0.25) is 0 Å². The lowest BCUT2D eigenvalue weighted by Crippen LogP contribution is -2.36. The summed E-state index contributed by atoms with van der Waals surface area (Å²) in [5.74, 6) is 2.10. The molecule has 2 heterocycles. The van der Waals surface area contributed by atoms with Crippen LogP contribution >= 0.6 is 0 Å². The number of benzene rings is 2. The molecule has 1 amide bonds. The molecule has 0 saturated carbocycles. The molecule has 4 rings (SSSR count). The Bertz CT molecular complexity index is 967. The first-order chi connectivity index (χ1) is 14.7. The molecule has 6 nitrogen and oxygen atoms in total. The number of aryl methyl sites for hydroxylation is 3. The standard InChI is InChI=1S/C24H28N4O2/c29-17-20-8-6-19(7-9-20)16-24(30)25-21-11-13-23-27-26-22(28(23)15-14-21)12-10-18-4-2-1-3-5-18/h1-9,21,29H,10-17H2,(H,25,30). The van der Waals surface area contributed by atoms with Crippen molar-refractivity contribution in [2.24, 2.45) is 0 Å². The first-order valence-electron chi connectivity index (χ1n) is 10.6. The lowest BCUT2D eigenvalue weighted by molar-refractivity contribution is -0.121. The van der Waals surface area contributed by atoms with Crippen LogP contribution in [-0.2, 0) is 43.6 Å². The van der Waals surface area contributed by atoms with E-state index in [1.54, 1.807) is 0 Å². The second-order valence-electron chi connectivity index (χ2n) is 7.91. The lowest BCUT2D eigenvalue weighted by atomic mass is 10.1. The molecule has 0 saturated heterocycles. The van der Waals surface area contributed by atoms with Crippen molar-refractivity contribution in [1.82, 2.24) is 20.1 Å². The summed E-state index contributed by atoms with van der Waals surface area (Å²) in [4.78, 5) is 12.5. The first kappa shape index (κ1) is 20.3. The van der Waals surface area contributed by atoms with E-state index in [1.807, 2.05) is 30.3 Å². The van der Waals surface area contributed by atoms with Gasteiger partial charge in [0.05, 0.1) is 13.0 Å². The fourth-order valence-corrected chi connectivity index (χ4v) is 4.00. The quantitative estimate of drug-likeness (QED) is 0.634. The minimum absolute atomic E-state index is 0.0194. The zero-order valence-electron chi connectivity index (χ0n) is 17.1. The van der Waals surface area contributed by atoms with Gasteiger partial charge < -0.3 is 15.0 Å². The molecule has 6 heteroatoms. The molecule has 156 valence electrons. The molecular weight excluding hydrogens is 376 g/mol. The van der Waals surface area contributed by atoms with Crippen LogP contribution in [0.25, 0.3) is 0 Å². The Kier molecular flexibility index (Phi) is 6.54. The minimum Gasteiger partial charge on any atom is -0.392 e. The van der Waals surface area contributed by atoms with Crippen molar-refractivity contribution in [3.05, 3.63) is 82.9 Å². The normalized spacial score (nSPS) is 16.0. The number of aliphatic hydroxyl groups is 1. The van der Waals surface area contributed by atoms with E-state index in [4.69, 9.17) is 5.11 Å². The van der Waals surface area contributed by atoms with E-state index in [0.29, 0.717) is 6.42 Å². The van der Waals surface area contributed by atoms with Gasteiger partial charge in [0.2, 0.25) is 5.91 Å². The second kappa shape index (κ2) is 9.67. The number of fused-ring (bicyclic) bond motifs is 1. The lowest BCUT2D eigenvalue weighted by Gasteiger charge is -2.16. The molecule has 2 N–H and O–H groups in total. The van der Waals surface area contributed by atoms with Gasteiger partial charge in [0.15, 0.2) is 0 Å². The number of aliphatic hydroxyl groups excluding tert-OH is 1. The molecule has 1 unspecified atom stereocenters. The number of aromatic nitrogens is 3. The highest BCUT2D eigenvalue weighted by Gasteiger charge is 2.21. The minimum atomic E-state index is 0.0194. The molecule has 1 aliphatic heterocycles. The number of hydrogen-bond donors (Lipinski definition) is 2. The fourth-order valence-electron chi connectivity index (χ4n) is 4.00. The van der Waals surface area contributed by atoms with E-state index in [1.165, 1.54) is 5.56 Å². The summed E-state index contributed by atoms with van der Waals surface area (Å²) >= 11 is 0. The maximum atomic E-state index is 12.5. The molecule has 2 aromatic carbocycles. The summed E-state index contributed by atoms with van der Waals surface area (Å²) < 4.78 is 2.24. The molecule has 0 fully saturated rings. The first-order valence-corrected chi connectivity index (χ1v) is 10.6. The molecular formula is C24H28N4O2. The SMILES string of the molecule is O=C(Cc1ccc(CO)cc1)NC1CCc2nnc(CCc3ccccc3)n2CC1. The van der Waals surface area contributed by atoms with Crippen molar-refractivity contribution in [1.29, 1.82) is 0 Å². The van der Waals surface area contributed by atoms with Crippen LogP contribution in [0.5, 0.6) is 0 Å². The van der Waals surface area contributed by atoms with E-state index in [2.05, 4.69) is 44.3 Å². The Morgan fingerprint density at radius 3 is 2.50 bits per heavy atom. The molecule has 1 atom stereocenters. The molecule has 0 aliphatic carbocycles. The van der Waals surface area contributed by atoms with Gasteiger partial charge in [0.1, 0.15) is 11.6 Å². The van der Waals surface area contributed by atoms with Crippen molar-refractivity contribution >= 4 is 5.91 Å². The Morgan fingerprint density at radius 2 is 1.73 bits per heavy atom. The highest BCUT2D eigenvalue weighted by molar-refractivity contribution is 5.78. The maximum Gasteiger partial charge on any atom is 0.224 e. The van der Waals surface area contributed by atoms with Gasteiger partial charge in [0, 0.05) is 25.4 Å². The van der Waals surface area contributed by atoms with Crippen LogP contribution in [0.3, 0.4) is 0 Å². The predicted octanol–water partition coefficient (Wildman–Crippen LogP) is 2.62. The number of nitrogens with zero attached hydrogens (tertiary/aromatic N) is 3. The number of carbonyl (C=O) groups excluding carboxylic acids is 1. The zero-order chi connectivity index (χ0) is 20.8. The van der Waals surface area contributed by atoms with E-state index < -0.39 is 0 Å². The highest BCUT2D eigenvalue weighted by Crippen LogP contribution is 2.17. The largest absolute Gasteiger partial charge is 0.392 e. The molecule has 30 heavy (non-hydrogen) atoms. The molecule has 0 bridgehead atoms. The van der Waals surface area contributed by atoms with Crippen LogP contribution in [0.15, 0.2) is 54.6 Å². The number of rotatable bonds is 7. The fraction of sp³-hybridized carbons (Fsp3) is 0.375. The van der Waals surface area contributed by atoms with E-state index in [9.17, 15) is 4.79 Å². The van der Waals surface area contributed by atoms with Gasteiger partial charge in [0.25, 0.3) is 0 Å². The van der Waals surface area contributed by atoms with Gasteiger partial charge in [-0.25, -0.2) is 0 Å². The average Bonchev–Trinajstić information content (AvgIpc) is 3.06. The van der Waals surface area contributed by atoms with Crippen LogP contribution < -0.4 is 5.32 Å². The smallest absolute Gasteiger partial charge is 0.224 e. The third-order valence-electron chi connectivity index (χ3n) is 5.74. The number of nitrogens with one attached hydrogen (secondary N) is 1. The summed E-state index contributed by atoms with van der Waals surface area (Å²) in [7, 11) is 0. The molecule has 0 radical (unpaired) electrons. The van der Waals surface area contributed by atoms with Gasteiger partial charge >= 0.3 is 0 Å². The number of hydrogen-bond acceptors (Lipinski definition) is 4. The Hall–Kier alpha value is -2.99. The summed E-state index contributed by atoms with van der Waals surface area (Å²) in [5.41, 5.74) is 3.12. The van der Waals surface area contributed by atoms with Crippen LogP contribution in [0.4, 0.5) is 0 Å². The van der Waals surface area contributed by atoms with E-state index in [0.717, 1.165) is 61.4 Å². The van der Waals surface area contributed by atoms with Crippen LogP contribution in [0.1, 0.15) is 41.2 Å². The highest BCUT2D eigenvalue weighted by atomic mass is 16.3. The number of carbonyl (C=O) groups is 1. The van der Waals surface area contributed by atoms with Crippen molar-refractivity contribution < 1.29 is 9.90 Å². The van der Waals surface area contributed by atoms with Crippen molar-refractivity contribution in [2.75, 3.05) is 0 Å². The monoisotopic (exact) mass is 404 g/mol. The average molecular weight is 405 g/mol. The van der Waals surface area contributed by atoms with Gasteiger partial charge in [-0.15, -0.1) is 10.2 Å². The Morgan fingerprint density at radius 1 is 0.967 bits per heavy atom. The van der Waals surface area contributed by atoms with Crippen molar-refractivity contribution in [3.8, 4) is 0 Å². The molecule has 1 aromatic heterocycles. The topological polar surface area (TPSA) is 80.0 Å². The Balaban J connectivity index is 1.30. The van der Waals surface area contributed by atoms with Gasteiger partial charge in [-0.3, -0.25) is 4.79 Å². The molecule has 0 spiro atoms. The zero-order valence-corrected chi connectivity index (χ0v) is 17.1. The van der Waals surface area contributed by atoms with Crippen LogP contribution in [-0.4, -0.2) is 31.8 Å². The van der Waals surface area contributed by atoms with E-state index >= 15 is 0 Å². The molecule has 1 aliphatic rings. The third kappa shape index (κ3) is 5.13. The van der Waals surface area contributed by atoms with Crippen molar-refractivity contribution in [2.45, 2.75) is 57.7 Å². The number of amides is 1. The Labute approximate surface area is 177 Å². The van der Waals surface area contributed by atoms with Gasteiger partial charge in [-0.2, -0.15) is 0 Å². The van der Waals surface area contributed by atoms with Gasteiger partial charge in [-0.1, -0.05) is 54.6 Å². The summed E-state index contributed by atoms with van der Waals surface area (Å²) in [6, 6.07) is 18.1. The maximum absolute atomic E-state index is 12.5. The summed E-state index contributed by atoms with van der Waals surface area (Å²) in [6.07, 6.45) is 4.78. The van der Waals surface area contributed by atoms with E-state index in [-0.39, 0.29) is 18.6 Å². The third-order valence-corrected chi connectivity index (χ3v) is 5.74. The summed E-state index contributed by atoms with van der Waals surface area (Å²) in [5, 5.41) is 21.1. The van der Waals surface area contributed by atoms with Gasteiger partial charge in [-0.05, 0) is 36.0 Å². The predicted molar refractivity (Wildman–Crippen MR) is 115 cm³/mol. The second-order valence-corrected chi connectivity index (χ2v) is 7.91. The van der Waals surface area contributed by atoms with Crippen LogP contribution in [0, 0.1) is 0 Å².